The number of aromatic nitrogens is 1. The molecule has 0 radical (unpaired) electrons. The van der Waals surface area contributed by atoms with Gasteiger partial charge >= 0.3 is 5.97 Å². The molecule has 1 aliphatic rings. The Kier molecular flexibility index (Phi) is 8.32. The summed E-state index contributed by atoms with van der Waals surface area (Å²) in [5.74, 6) is -2.78. The number of fused-ring (bicyclic) bond motifs is 1. The number of carbonyl (C=O) groups is 1. The van der Waals surface area contributed by atoms with E-state index in [9.17, 15) is 27.5 Å². The number of benzene rings is 1. The lowest BCUT2D eigenvalue weighted by Crippen LogP contribution is -2.28. The van der Waals surface area contributed by atoms with Gasteiger partial charge in [0.25, 0.3) is 10.1 Å². The van der Waals surface area contributed by atoms with Crippen molar-refractivity contribution in [2.24, 2.45) is 5.92 Å². The summed E-state index contributed by atoms with van der Waals surface area (Å²) in [5, 5.41) is 12.2. The van der Waals surface area contributed by atoms with Gasteiger partial charge in [-0.1, -0.05) is 6.92 Å². The lowest BCUT2D eigenvalue weighted by Gasteiger charge is -2.22. The molecule has 0 saturated carbocycles. The third kappa shape index (κ3) is 6.02. The number of hydrogen-bond acceptors (Lipinski definition) is 6. The van der Waals surface area contributed by atoms with E-state index in [1.807, 2.05) is 6.92 Å². The predicted octanol–water partition coefficient (Wildman–Crippen LogP) is 1.94. The van der Waals surface area contributed by atoms with Crippen molar-refractivity contribution in [3.8, 4) is 0 Å². The first-order valence-electron chi connectivity index (χ1n) is 10.1. The SMILES string of the molecule is CCNC[C@H]1CCN(c2c(F)cc3c(=O)c(C(=O)O)cn(CC)c3c2F)C1.CS(=O)(=O)O. The molecule has 178 valence electrons. The summed E-state index contributed by atoms with van der Waals surface area (Å²) in [6.07, 6.45) is 2.66. The number of carboxylic acid groups (broad SMARTS) is 1. The lowest BCUT2D eigenvalue weighted by atomic mass is 10.1. The van der Waals surface area contributed by atoms with E-state index in [2.05, 4.69) is 5.32 Å². The highest BCUT2D eigenvalue weighted by Gasteiger charge is 2.29. The Morgan fingerprint density at radius 3 is 2.47 bits per heavy atom. The minimum atomic E-state index is -3.67. The van der Waals surface area contributed by atoms with Crippen LogP contribution in [0.5, 0.6) is 0 Å². The monoisotopic (exact) mass is 475 g/mol. The van der Waals surface area contributed by atoms with Gasteiger partial charge in [0.15, 0.2) is 5.82 Å². The Morgan fingerprint density at radius 1 is 1.31 bits per heavy atom. The zero-order valence-electron chi connectivity index (χ0n) is 18.1. The van der Waals surface area contributed by atoms with Gasteiger partial charge in [0.1, 0.15) is 17.1 Å². The molecule has 3 N–H and O–H groups in total. The number of aryl methyl sites for hydroxylation is 1. The smallest absolute Gasteiger partial charge is 0.341 e. The first-order valence-corrected chi connectivity index (χ1v) is 11.9. The molecule has 2 heterocycles. The number of rotatable bonds is 6. The summed E-state index contributed by atoms with van der Waals surface area (Å²) >= 11 is 0. The molecule has 0 amide bonds. The molecule has 1 fully saturated rings. The van der Waals surface area contributed by atoms with E-state index in [1.165, 1.54) is 4.57 Å². The second kappa shape index (κ2) is 10.4. The van der Waals surface area contributed by atoms with Gasteiger partial charge in [-0.2, -0.15) is 8.42 Å². The molecule has 0 spiro atoms. The molecule has 1 saturated heterocycles. The lowest BCUT2D eigenvalue weighted by molar-refractivity contribution is 0.0694. The number of carboxylic acids is 1. The molecule has 12 heteroatoms. The molecule has 3 rings (SSSR count). The van der Waals surface area contributed by atoms with Gasteiger partial charge in [0, 0.05) is 25.8 Å². The van der Waals surface area contributed by atoms with Crippen LogP contribution in [0.1, 0.15) is 30.6 Å². The second-order valence-electron chi connectivity index (χ2n) is 7.52. The van der Waals surface area contributed by atoms with E-state index >= 15 is 4.39 Å². The molecule has 1 aromatic heterocycles. The zero-order chi connectivity index (χ0) is 24.2. The molecule has 0 unspecified atom stereocenters. The van der Waals surface area contributed by atoms with Crippen LogP contribution in [0.15, 0.2) is 17.1 Å². The fourth-order valence-corrected chi connectivity index (χ4v) is 3.72. The van der Waals surface area contributed by atoms with Crippen LogP contribution in [0, 0.1) is 17.6 Å². The summed E-state index contributed by atoms with van der Waals surface area (Å²) in [5.41, 5.74) is -1.58. The quantitative estimate of drug-likeness (QED) is 0.541. The van der Waals surface area contributed by atoms with Crippen molar-refractivity contribution in [3.05, 3.63) is 39.7 Å². The van der Waals surface area contributed by atoms with Crippen LogP contribution < -0.4 is 15.6 Å². The predicted molar refractivity (Wildman–Crippen MR) is 117 cm³/mol. The van der Waals surface area contributed by atoms with Crippen LogP contribution in [-0.2, 0) is 16.7 Å². The van der Waals surface area contributed by atoms with Crippen LogP contribution in [0.3, 0.4) is 0 Å². The van der Waals surface area contributed by atoms with Gasteiger partial charge in [-0.25, -0.2) is 13.6 Å². The average Bonchev–Trinajstić information content (AvgIpc) is 3.14. The Labute approximate surface area is 184 Å². The third-order valence-electron chi connectivity index (χ3n) is 5.09. The first-order chi connectivity index (χ1) is 14.9. The highest BCUT2D eigenvalue weighted by atomic mass is 32.2. The van der Waals surface area contributed by atoms with E-state index in [0.717, 1.165) is 31.8 Å². The number of nitrogens with one attached hydrogen (secondary N) is 1. The standard InChI is InChI=1S/C19H23F2N3O3.CH4O3S/c1-3-22-8-11-5-6-24(9-11)17-14(20)7-12-16(15(17)21)23(4-2)10-13(18(12)25)19(26)27;1-5(2,3)4/h7,10-11,22H,3-6,8-9H2,1-2H3,(H,26,27);1H3,(H,2,3,4)/t11-;/m1./s1. The molecule has 9 nitrogen and oxygen atoms in total. The maximum atomic E-state index is 15.3. The molecule has 1 atom stereocenters. The third-order valence-corrected chi connectivity index (χ3v) is 5.09. The zero-order valence-corrected chi connectivity index (χ0v) is 18.9. The fourth-order valence-electron chi connectivity index (χ4n) is 3.72. The van der Waals surface area contributed by atoms with Crippen molar-refractivity contribution in [3.63, 3.8) is 0 Å². The van der Waals surface area contributed by atoms with E-state index in [-0.39, 0.29) is 23.1 Å². The number of anilines is 1. The number of hydrogen-bond donors (Lipinski definition) is 3. The van der Waals surface area contributed by atoms with Gasteiger partial charge in [0.05, 0.1) is 17.2 Å². The summed E-state index contributed by atoms with van der Waals surface area (Å²) in [6, 6.07) is 0.965. The van der Waals surface area contributed by atoms with E-state index in [4.69, 9.17) is 4.55 Å². The van der Waals surface area contributed by atoms with Gasteiger partial charge in [-0.3, -0.25) is 9.35 Å². The average molecular weight is 476 g/mol. The maximum Gasteiger partial charge on any atom is 0.341 e. The molecular weight excluding hydrogens is 448 g/mol. The van der Waals surface area contributed by atoms with Crippen molar-refractivity contribution in [2.75, 3.05) is 37.3 Å². The Balaban J connectivity index is 0.000000654. The molecular formula is C20H27F2N3O6S. The number of halogens is 2. The van der Waals surface area contributed by atoms with Crippen molar-refractivity contribution in [1.29, 1.82) is 0 Å². The number of nitrogens with zero attached hydrogens (tertiary/aromatic N) is 2. The van der Waals surface area contributed by atoms with Gasteiger partial charge in [-0.15, -0.1) is 0 Å². The van der Waals surface area contributed by atoms with Crippen molar-refractivity contribution >= 4 is 32.7 Å². The summed E-state index contributed by atoms with van der Waals surface area (Å²) in [6.45, 7) is 6.64. The molecule has 2 aromatic rings. The highest BCUT2D eigenvalue weighted by molar-refractivity contribution is 7.85. The largest absolute Gasteiger partial charge is 0.477 e. The number of aromatic carboxylic acids is 1. The summed E-state index contributed by atoms with van der Waals surface area (Å²) in [7, 11) is -3.67. The van der Waals surface area contributed by atoms with Crippen molar-refractivity contribution in [2.45, 2.75) is 26.8 Å². The number of pyridine rings is 1. The van der Waals surface area contributed by atoms with Gasteiger partial charge in [0.2, 0.25) is 5.43 Å². The van der Waals surface area contributed by atoms with E-state index < -0.39 is 38.7 Å². The van der Waals surface area contributed by atoms with Crippen molar-refractivity contribution < 1.29 is 31.7 Å². The van der Waals surface area contributed by atoms with Crippen LogP contribution >= 0.6 is 0 Å². The van der Waals surface area contributed by atoms with Crippen LogP contribution in [0.4, 0.5) is 14.5 Å². The Bertz CT molecular complexity index is 1160. The normalized spacial score (nSPS) is 16.2. The molecule has 0 aliphatic carbocycles. The van der Waals surface area contributed by atoms with Crippen LogP contribution in [0.25, 0.3) is 10.9 Å². The Hall–Kier alpha value is -2.57. The van der Waals surface area contributed by atoms with Gasteiger partial charge in [-0.05, 0) is 38.4 Å². The maximum absolute atomic E-state index is 15.3. The fraction of sp³-hybridized carbons (Fsp3) is 0.500. The molecule has 32 heavy (non-hydrogen) atoms. The highest BCUT2D eigenvalue weighted by Crippen LogP contribution is 2.33. The molecule has 1 aromatic carbocycles. The minimum Gasteiger partial charge on any atom is -0.477 e. The van der Waals surface area contributed by atoms with E-state index in [1.54, 1.807) is 11.8 Å². The van der Waals surface area contributed by atoms with Crippen LogP contribution in [0.2, 0.25) is 0 Å². The minimum absolute atomic E-state index is 0.0565. The first kappa shape index (κ1) is 25.7. The summed E-state index contributed by atoms with van der Waals surface area (Å²) < 4.78 is 57.3. The molecule has 1 aliphatic heterocycles. The summed E-state index contributed by atoms with van der Waals surface area (Å²) in [4.78, 5) is 25.4. The second-order valence-corrected chi connectivity index (χ2v) is 8.99. The Morgan fingerprint density at radius 2 is 1.94 bits per heavy atom. The van der Waals surface area contributed by atoms with Gasteiger partial charge < -0.3 is 19.9 Å². The topological polar surface area (TPSA) is 129 Å². The van der Waals surface area contributed by atoms with Crippen LogP contribution in [-0.4, -0.2) is 61.0 Å². The van der Waals surface area contributed by atoms with Crippen molar-refractivity contribution in [1.82, 2.24) is 9.88 Å². The molecule has 0 bridgehead atoms. The van der Waals surface area contributed by atoms with E-state index in [0.29, 0.717) is 25.3 Å².